The van der Waals surface area contributed by atoms with Crippen LogP contribution in [0.2, 0.25) is 0 Å². The molecule has 1 aliphatic carbocycles. The van der Waals surface area contributed by atoms with E-state index in [1.165, 1.54) is 12.1 Å². The smallest absolute Gasteiger partial charge is 0.264 e. The zero-order valence-corrected chi connectivity index (χ0v) is 23.6. The third-order valence-electron chi connectivity index (χ3n) is 8.52. The van der Waals surface area contributed by atoms with Crippen molar-refractivity contribution in [1.82, 2.24) is 10.0 Å². The molecular weight excluding hydrogens is 544 g/mol. The summed E-state index contributed by atoms with van der Waals surface area (Å²) < 4.78 is 5.39. The molecule has 0 aromatic heterocycles. The lowest BCUT2D eigenvalue weighted by Gasteiger charge is -2.30. The van der Waals surface area contributed by atoms with Gasteiger partial charge in [0.15, 0.2) is 12.1 Å². The molecule has 4 atom stereocenters. The fourth-order valence-corrected chi connectivity index (χ4v) is 6.56. The Kier molecular flexibility index (Phi) is 6.81. The third-order valence-corrected chi connectivity index (χ3v) is 8.52. The number of rotatable bonds is 6. The number of fused-ring (bicyclic) bond motifs is 2. The predicted molar refractivity (Wildman–Crippen MR) is 160 cm³/mol. The normalized spacial score (nSPS) is 25.3. The summed E-state index contributed by atoms with van der Waals surface area (Å²) in [6, 6.07) is 24.6. The standard InChI is InChI=1S/C33H30N6O4/c1-43-26-18-9-8-17-25(26)38-32(41)29-31(33(38)42)37(36-34-29)20-27(40)39-30(22-13-6-3-7-14-22)24-16-10-15-23(28(24)35-39)19-21-11-4-2-5-12-21/h2-9,11-14,17-19,24,29-31H,10,15-16,20H2,1H3/b23-19+/t24-,29+,30+,31+/m1/s1. The second kappa shape index (κ2) is 10.9. The summed E-state index contributed by atoms with van der Waals surface area (Å²) in [5.41, 5.74) is 4.48. The number of methoxy groups -OCH3 is 1. The zero-order chi connectivity index (χ0) is 29.5. The van der Waals surface area contributed by atoms with Crippen LogP contribution in [0.15, 0.2) is 106 Å². The highest BCUT2D eigenvalue weighted by Crippen LogP contribution is 2.45. The monoisotopic (exact) mass is 574 g/mol. The van der Waals surface area contributed by atoms with E-state index in [1.54, 1.807) is 29.3 Å². The Labute approximate surface area is 248 Å². The summed E-state index contributed by atoms with van der Waals surface area (Å²) >= 11 is 0. The summed E-state index contributed by atoms with van der Waals surface area (Å²) in [4.78, 5) is 42.0. The Bertz CT molecular complexity index is 1670. The average Bonchev–Trinajstić information content (AvgIpc) is 3.71. The van der Waals surface area contributed by atoms with E-state index in [0.717, 1.165) is 46.6 Å². The molecule has 1 saturated heterocycles. The minimum atomic E-state index is -1.02. The number of ether oxygens (including phenoxy) is 1. The minimum Gasteiger partial charge on any atom is -0.495 e. The minimum absolute atomic E-state index is 0.0405. The van der Waals surface area contributed by atoms with Gasteiger partial charge in [0.1, 0.15) is 12.3 Å². The Hall–Kier alpha value is -5.12. The van der Waals surface area contributed by atoms with E-state index in [0.29, 0.717) is 11.4 Å². The van der Waals surface area contributed by atoms with E-state index in [2.05, 4.69) is 28.5 Å². The number of hydrogen-bond donors (Lipinski definition) is 0. The largest absolute Gasteiger partial charge is 0.495 e. The summed E-state index contributed by atoms with van der Waals surface area (Å²) in [5, 5.41) is 16.1. The number of carbonyl (C=O) groups is 3. The van der Waals surface area contributed by atoms with Crippen molar-refractivity contribution in [1.29, 1.82) is 0 Å². The summed E-state index contributed by atoms with van der Waals surface area (Å²) in [5.74, 6) is -0.872. The molecule has 0 unspecified atom stereocenters. The second-order valence-corrected chi connectivity index (χ2v) is 11.0. The van der Waals surface area contributed by atoms with Gasteiger partial charge in [-0.3, -0.25) is 19.4 Å². The van der Waals surface area contributed by atoms with Crippen molar-refractivity contribution in [2.75, 3.05) is 18.6 Å². The number of carbonyl (C=O) groups excluding carboxylic acids is 3. The van der Waals surface area contributed by atoms with Crippen molar-refractivity contribution in [3.8, 4) is 5.75 Å². The van der Waals surface area contributed by atoms with E-state index < -0.39 is 23.9 Å². The molecule has 0 N–H and O–H groups in total. The maximum absolute atomic E-state index is 14.0. The Morgan fingerprint density at radius 2 is 1.65 bits per heavy atom. The number of nitrogens with zero attached hydrogens (tertiary/aromatic N) is 6. The van der Waals surface area contributed by atoms with Crippen molar-refractivity contribution >= 4 is 35.2 Å². The first-order valence-corrected chi connectivity index (χ1v) is 14.4. The molecule has 3 heterocycles. The lowest BCUT2D eigenvalue weighted by molar-refractivity contribution is -0.136. The molecule has 3 amide bonds. The first-order chi connectivity index (χ1) is 21.0. The van der Waals surface area contributed by atoms with E-state index in [9.17, 15) is 14.4 Å². The zero-order valence-electron chi connectivity index (χ0n) is 23.6. The molecule has 0 bridgehead atoms. The molecule has 0 spiro atoms. The SMILES string of the molecule is COc1ccccc1N1C(=O)[C@H]2N=NN(CC(=O)N3N=C4/C(=C/c5ccccc5)CCC[C@H]4[C@@H]3c3ccccc3)[C@@H]2C1=O. The van der Waals surface area contributed by atoms with E-state index in [-0.39, 0.29) is 24.4 Å². The highest BCUT2D eigenvalue weighted by atomic mass is 16.5. The van der Waals surface area contributed by atoms with Crippen LogP contribution < -0.4 is 9.64 Å². The van der Waals surface area contributed by atoms with Gasteiger partial charge in [-0.15, -0.1) is 0 Å². The van der Waals surface area contributed by atoms with Crippen LogP contribution in [0, 0.1) is 5.92 Å². The number of anilines is 1. The van der Waals surface area contributed by atoms with Crippen molar-refractivity contribution in [3.63, 3.8) is 0 Å². The maximum atomic E-state index is 14.0. The van der Waals surface area contributed by atoms with Crippen LogP contribution >= 0.6 is 0 Å². The third kappa shape index (κ3) is 4.59. The number of benzene rings is 3. The van der Waals surface area contributed by atoms with Gasteiger partial charge >= 0.3 is 0 Å². The van der Waals surface area contributed by atoms with Crippen LogP contribution in [-0.2, 0) is 14.4 Å². The van der Waals surface area contributed by atoms with Gasteiger partial charge in [-0.2, -0.15) is 10.2 Å². The van der Waals surface area contributed by atoms with Crippen molar-refractivity contribution in [2.45, 2.75) is 37.4 Å². The average molecular weight is 575 g/mol. The number of hydrogen-bond acceptors (Lipinski definition) is 8. The molecule has 10 heteroatoms. The quantitative estimate of drug-likeness (QED) is 0.393. The number of para-hydroxylation sites is 2. The van der Waals surface area contributed by atoms with E-state index in [4.69, 9.17) is 9.84 Å². The van der Waals surface area contributed by atoms with Gasteiger partial charge in [0.25, 0.3) is 17.7 Å². The van der Waals surface area contributed by atoms with Gasteiger partial charge in [0.05, 0.1) is 24.6 Å². The van der Waals surface area contributed by atoms with Crippen LogP contribution in [0.25, 0.3) is 6.08 Å². The Morgan fingerprint density at radius 1 is 0.930 bits per heavy atom. The number of hydrazone groups is 1. The summed E-state index contributed by atoms with van der Waals surface area (Å²) in [6.07, 6.45) is 4.94. The first kappa shape index (κ1) is 26.8. The number of imide groups is 1. The predicted octanol–water partition coefficient (Wildman–Crippen LogP) is 4.81. The molecule has 2 fully saturated rings. The molecule has 4 aliphatic rings. The molecular formula is C33H30N6O4. The molecule has 216 valence electrons. The lowest BCUT2D eigenvalue weighted by atomic mass is 9.77. The van der Waals surface area contributed by atoms with Crippen LogP contribution in [0.4, 0.5) is 5.69 Å². The number of amides is 3. The van der Waals surface area contributed by atoms with Gasteiger partial charge in [-0.25, -0.2) is 9.91 Å². The molecule has 43 heavy (non-hydrogen) atoms. The maximum Gasteiger partial charge on any atom is 0.264 e. The topological polar surface area (TPSA) is 107 Å². The molecule has 1 saturated carbocycles. The van der Waals surface area contributed by atoms with Crippen molar-refractivity contribution in [2.24, 2.45) is 21.4 Å². The van der Waals surface area contributed by atoms with Gasteiger partial charge < -0.3 is 4.74 Å². The fourth-order valence-electron chi connectivity index (χ4n) is 6.56. The Balaban J connectivity index is 1.18. The molecule has 0 radical (unpaired) electrons. The molecule has 3 aliphatic heterocycles. The summed E-state index contributed by atoms with van der Waals surface area (Å²) in [6.45, 7) is -0.242. The van der Waals surface area contributed by atoms with E-state index >= 15 is 0 Å². The highest BCUT2D eigenvalue weighted by molar-refractivity contribution is 6.26. The fraction of sp³-hybridized carbons (Fsp3) is 0.273. The lowest BCUT2D eigenvalue weighted by Crippen LogP contribution is -2.45. The molecule has 3 aromatic carbocycles. The first-order valence-electron chi connectivity index (χ1n) is 14.4. The highest BCUT2D eigenvalue weighted by Gasteiger charge is 2.56. The van der Waals surface area contributed by atoms with Crippen LogP contribution in [0.1, 0.15) is 36.4 Å². The number of allylic oxidation sites excluding steroid dienone is 1. The van der Waals surface area contributed by atoms with Gasteiger partial charge in [0, 0.05) is 5.92 Å². The molecule has 10 nitrogen and oxygen atoms in total. The van der Waals surface area contributed by atoms with Crippen molar-refractivity contribution < 1.29 is 19.1 Å². The summed E-state index contributed by atoms with van der Waals surface area (Å²) in [7, 11) is 1.48. The second-order valence-electron chi connectivity index (χ2n) is 11.0. The van der Waals surface area contributed by atoms with Gasteiger partial charge in [-0.05, 0) is 54.2 Å². The van der Waals surface area contributed by atoms with Gasteiger partial charge in [0.2, 0.25) is 0 Å². The van der Waals surface area contributed by atoms with E-state index in [1.807, 2.05) is 48.5 Å². The van der Waals surface area contributed by atoms with Crippen molar-refractivity contribution in [3.05, 3.63) is 102 Å². The van der Waals surface area contributed by atoms with Crippen LogP contribution in [0.3, 0.4) is 0 Å². The molecule has 7 rings (SSSR count). The van der Waals surface area contributed by atoms with Gasteiger partial charge in [-0.1, -0.05) is 78.0 Å². The molecule has 3 aromatic rings. The van der Waals surface area contributed by atoms with Crippen LogP contribution in [0.5, 0.6) is 5.75 Å². The Morgan fingerprint density at radius 3 is 2.42 bits per heavy atom. The van der Waals surface area contributed by atoms with Crippen LogP contribution in [-0.4, -0.2) is 59.2 Å².